The lowest BCUT2D eigenvalue weighted by Gasteiger charge is -2.16. The molecule has 2 aromatic rings. The zero-order valence-electron chi connectivity index (χ0n) is 12.4. The van der Waals surface area contributed by atoms with Gasteiger partial charge in [-0.15, -0.1) is 0 Å². The minimum absolute atomic E-state index is 0.135. The van der Waals surface area contributed by atoms with E-state index >= 15 is 0 Å². The molecule has 0 unspecified atom stereocenters. The van der Waals surface area contributed by atoms with Crippen molar-refractivity contribution in [2.75, 3.05) is 0 Å². The van der Waals surface area contributed by atoms with Crippen molar-refractivity contribution in [2.24, 2.45) is 5.10 Å². The molecule has 134 valence electrons. The molecule has 0 spiro atoms. The third-order valence-corrected chi connectivity index (χ3v) is 4.00. The summed E-state index contributed by atoms with van der Waals surface area (Å²) in [6.07, 6.45) is -3.87. The Labute approximate surface area is 161 Å². The Bertz CT molecular complexity index is 811. The van der Waals surface area contributed by atoms with E-state index in [1.165, 1.54) is 6.07 Å². The second kappa shape index (κ2) is 7.95. The fourth-order valence-electron chi connectivity index (χ4n) is 1.84. The molecule has 4 nitrogen and oxygen atoms in total. The molecule has 1 aromatic heterocycles. The fraction of sp³-hybridized carbons (Fsp3) is 0.214. The highest BCUT2D eigenvalue weighted by atomic mass is 35.5. The number of alkyl halides is 3. The predicted molar refractivity (Wildman–Crippen MR) is 92.7 cm³/mol. The molecule has 1 atom stereocenters. The first-order valence-corrected chi connectivity index (χ1v) is 8.14. The van der Waals surface area contributed by atoms with Gasteiger partial charge in [0.2, 0.25) is 0 Å². The summed E-state index contributed by atoms with van der Waals surface area (Å²) in [5, 5.41) is 3.47. The minimum atomic E-state index is -4.82. The molecule has 1 heterocycles. The maximum Gasteiger partial charge on any atom is 0.437 e. The third kappa shape index (κ3) is 5.10. The quantitative estimate of drug-likeness (QED) is 0.498. The van der Waals surface area contributed by atoms with Crippen LogP contribution in [0.2, 0.25) is 20.4 Å². The molecule has 1 N–H and O–H groups in total. The highest BCUT2D eigenvalue weighted by Gasteiger charge is 2.40. The monoisotopic (exact) mass is 430 g/mol. The zero-order chi connectivity index (χ0) is 18.8. The summed E-state index contributed by atoms with van der Waals surface area (Å²) in [4.78, 5) is 7.10. The summed E-state index contributed by atoms with van der Waals surface area (Å²) in [7, 11) is 0. The van der Waals surface area contributed by atoms with Crippen molar-refractivity contribution >= 4 is 52.1 Å². The van der Waals surface area contributed by atoms with E-state index in [2.05, 4.69) is 20.5 Å². The number of hydrazone groups is 1. The SMILES string of the molecule is C[C@@H](N/N=C(\c1ncc(Cl)nc1Cl)C(F)(F)F)c1ccc(Cl)cc1Cl. The van der Waals surface area contributed by atoms with E-state index in [1.807, 2.05) is 0 Å². The van der Waals surface area contributed by atoms with E-state index in [4.69, 9.17) is 46.4 Å². The molecule has 0 radical (unpaired) electrons. The van der Waals surface area contributed by atoms with E-state index in [0.29, 0.717) is 15.6 Å². The van der Waals surface area contributed by atoms with Crippen molar-refractivity contribution in [3.05, 3.63) is 56.0 Å². The number of nitrogens with zero attached hydrogens (tertiary/aromatic N) is 3. The number of hydrogen-bond acceptors (Lipinski definition) is 4. The van der Waals surface area contributed by atoms with Crippen LogP contribution in [0.3, 0.4) is 0 Å². The van der Waals surface area contributed by atoms with Gasteiger partial charge in [-0.25, -0.2) is 9.97 Å². The summed E-state index contributed by atoms with van der Waals surface area (Å²) in [5.41, 5.74) is 0.932. The molecule has 0 saturated carbocycles. The van der Waals surface area contributed by atoms with E-state index in [1.54, 1.807) is 19.1 Å². The Kier molecular flexibility index (Phi) is 6.37. The van der Waals surface area contributed by atoms with Crippen LogP contribution in [0.25, 0.3) is 0 Å². The van der Waals surface area contributed by atoms with Gasteiger partial charge in [0.1, 0.15) is 10.8 Å². The molecule has 25 heavy (non-hydrogen) atoms. The average Bonchev–Trinajstić information content (AvgIpc) is 2.47. The van der Waals surface area contributed by atoms with Crippen molar-refractivity contribution in [2.45, 2.75) is 19.1 Å². The Morgan fingerprint density at radius 2 is 1.88 bits per heavy atom. The standard InChI is InChI=1S/C14H9Cl4F3N4/c1-6(8-3-2-7(15)4-9(8)16)24-25-12(14(19,20)21)11-13(18)23-10(17)5-22-11/h2-6,24H,1H3/b25-12+/t6-/m1/s1. The number of aromatic nitrogens is 2. The first-order chi connectivity index (χ1) is 11.6. The van der Waals surface area contributed by atoms with E-state index in [-0.39, 0.29) is 5.15 Å². The Balaban J connectivity index is 2.35. The van der Waals surface area contributed by atoms with E-state index in [0.717, 1.165) is 6.20 Å². The van der Waals surface area contributed by atoms with Crippen molar-refractivity contribution < 1.29 is 13.2 Å². The van der Waals surface area contributed by atoms with E-state index < -0.39 is 28.8 Å². The number of nitrogens with one attached hydrogen (secondary N) is 1. The maximum absolute atomic E-state index is 13.3. The van der Waals surface area contributed by atoms with Crippen LogP contribution in [-0.4, -0.2) is 21.9 Å². The summed E-state index contributed by atoms with van der Waals surface area (Å²) in [6.45, 7) is 1.59. The van der Waals surface area contributed by atoms with Gasteiger partial charge in [-0.05, 0) is 24.6 Å². The Morgan fingerprint density at radius 1 is 1.20 bits per heavy atom. The van der Waals surface area contributed by atoms with Gasteiger partial charge in [-0.1, -0.05) is 52.5 Å². The highest BCUT2D eigenvalue weighted by molar-refractivity contribution is 6.35. The van der Waals surface area contributed by atoms with Crippen LogP contribution in [0.15, 0.2) is 29.5 Å². The van der Waals surface area contributed by atoms with Crippen LogP contribution in [0, 0.1) is 0 Å². The number of benzene rings is 1. The molecular weight excluding hydrogens is 423 g/mol. The topological polar surface area (TPSA) is 50.2 Å². The Hall–Kier alpha value is -1.28. The molecule has 2 rings (SSSR count). The molecule has 0 amide bonds. The molecular formula is C14H9Cl4F3N4. The van der Waals surface area contributed by atoms with Crippen LogP contribution in [0.4, 0.5) is 13.2 Å². The molecule has 0 aliphatic rings. The van der Waals surface area contributed by atoms with Crippen molar-refractivity contribution in [1.82, 2.24) is 15.4 Å². The molecule has 11 heteroatoms. The molecule has 0 bridgehead atoms. The molecule has 1 aromatic carbocycles. The Morgan fingerprint density at radius 3 is 2.44 bits per heavy atom. The summed E-state index contributed by atoms with van der Waals surface area (Å²) >= 11 is 23.1. The average molecular weight is 432 g/mol. The largest absolute Gasteiger partial charge is 0.437 e. The van der Waals surface area contributed by atoms with Gasteiger partial charge in [0, 0.05) is 10.0 Å². The first-order valence-electron chi connectivity index (χ1n) is 6.63. The van der Waals surface area contributed by atoms with Gasteiger partial charge >= 0.3 is 6.18 Å². The zero-order valence-corrected chi connectivity index (χ0v) is 15.4. The first kappa shape index (κ1) is 20.0. The molecule has 0 aliphatic heterocycles. The normalized spacial score (nSPS) is 13.7. The number of halogens is 7. The lowest BCUT2D eigenvalue weighted by atomic mass is 10.1. The van der Waals surface area contributed by atoms with Crippen LogP contribution in [0.5, 0.6) is 0 Å². The van der Waals surface area contributed by atoms with Crippen LogP contribution in [-0.2, 0) is 0 Å². The fourth-order valence-corrected chi connectivity index (χ4v) is 2.82. The van der Waals surface area contributed by atoms with Gasteiger partial charge in [-0.3, -0.25) is 0 Å². The minimum Gasteiger partial charge on any atom is -0.302 e. The van der Waals surface area contributed by atoms with Crippen molar-refractivity contribution in [3.8, 4) is 0 Å². The van der Waals surface area contributed by atoms with Crippen LogP contribution in [0.1, 0.15) is 24.2 Å². The van der Waals surface area contributed by atoms with Gasteiger partial charge in [0.15, 0.2) is 10.9 Å². The van der Waals surface area contributed by atoms with Gasteiger partial charge < -0.3 is 5.43 Å². The van der Waals surface area contributed by atoms with Crippen molar-refractivity contribution in [3.63, 3.8) is 0 Å². The highest BCUT2D eigenvalue weighted by Crippen LogP contribution is 2.28. The summed E-state index contributed by atoms with van der Waals surface area (Å²) in [5.74, 6) is 0. The molecule has 0 aliphatic carbocycles. The van der Waals surface area contributed by atoms with Gasteiger partial charge in [0.05, 0.1) is 12.2 Å². The molecule has 0 fully saturated rings. The summed E-state index contributed by atoms with van der Waals surface area (Å²) < 4.78 is 39.9. The van der Waals surface area contributed by atoms with Gasteiger partial charge in [-0.2, -0.15) is 18.3 Å². The third-order valence-electron chi connectivity index (χ3n) is 2.99. The summed E-state index contributed by atoms with van der Waals surface area (Å²) in [6, 6.07) is 3.99. The van der Waals surface area contributed by atoms with E-state index in [9.17, 15) is 13.2 Å². The van der Waals surface area contributed by atoms with Crippen LogP contribution >= 0.6 is 46.4 Å². The molecule has 0 saturated heterocycles. The van der Waals surface area contributed by atoms with Gasteiger partial charge in [0.25, 0.3) is 0 Å². The van der Waals surface area contributed by atoms with Crippen molar-refractivity contribution in [1.29, 1.82) is 0 Å². The second-order valence-electron chi connectivity index (χ2n) is 4.81. The lowest BCUT2D eigenvalue weighted by Crippen LogP contribution is -2.29. The number of hydrogen-bond donors (Lipinski definition) is 1. The predicted octanol–water partition coefficient (Wildman–Crippen LogP) is 5.71. The second-order valence-corrected chi connectivity index (χ2v) is 6.40. The smallest absolute Gasteiger partial charge is 0.302 e. The lowest BCUT2D eigenvalue weighted by molar-refractivity contribution is -0.0587. The number of rotatable bonds is 4. The maximum atomic E-state index is 13.3. The van der Waals surface area contributed by atoms with Crippen LogP contribution < -0.4 is 5.43 Å².